The molecule has 0 atom stereocenters. The number of benzene rings is 2. The van der Waals surface area contributed by atoms with Crippen molar-refractivity contribution in [3.8, 4) is 11.5 Å². The van der Waals surface area contributed by atoms with E-state index >= 15 is 0 Å². The molecule has 0 bridgehead atoms. The summed E-state index contributed by atoms with van der Waals surface area (Å²) >= 11 is 0. The summed E-state index contributed by atoms with van der Waals surface area (Å²) in [6, 6.07) is 7.02. The first-order valence-corrected chi connectivity index (χ1v) is 7.24. The Hall–Kier alpha value is -2.82. The van der Waals surface area contributed by atoms with E-state index in [0.717, 1.165) is 40.2 Å². The SMILES string of the molecule is Nc1c(O)c2c3c(c1Cc1ccc(O)cc1)=[NH+]CCC=3C=N2. The van der Waals surface area contributed by atoms with Crippen LogP contribution in [0.25, 0.3) is 5.57 Å². The maximum absolute atomic E-state index is 10.4. The van der Waals surface area contributed by atoms with Crippen LogP contribution in [0.3, 0.4) is 0 Å². The van der Waals surface area contributed by atoms with Crippen molar-refractivity contribution in [3.63, 3.8) is 0 Å². The molecule has 5 heteroatoms. The molecule has 0 spiro atoms. The van der Waals surface area contributed by atoms with Crippen molar-refractivity contribution in [2.75, 3.05) is 12.3 Å². The summed E-state index contributed by atoms with van der Waals surface area (Å²) in [5.41, 5.74) is 10.1. The van der Waals surface area contributed by atoms with Crippen LogP contribution in [0.2, 0.25) is 0 Å². The van der Waals surface area contributed by atoms with Gasteiger partial charge in [0.05, 0.1) is 16.5 Å². The lowest BCUT2D eigenvalue weighted by Gasteiger charge is -2.10. The van der Waals surface area contributed by atoms with Gasteiger partial charge in [0.1, 0.15) is 18.0 Å². The first-order valence-electron chi connectivity index (χ1n) is 7.24. The molecule has 2 aliphatic rings. The fraction of sp³-hybridized carbons (Fsp3) is 0.176. The summed E-state index contributed by atoms with van der Waals surface area (Å²) in [7, 11) is 0. The Balaban J connectivity index is 1.95. The second-order valence-corrected chi connectivity index (χ2v) is 5.64. The fourth-order valence-electron chi connectivity index (χ4n) is 3.15. The summed E-state index contributed by atoms with van der Waals surface area (Å²) in [6.45, 7) is 0.834. The van der Waals surface area contributed by atoms with Crippen LogP contribution in [0, 0.1) is 0 Å². The molecule has 2 aromatic carbocycles. The number of anilines is 1. The number of phenols is 2. The van der Waals surface area contributed by atoms with Gasteiger partial charge in [0, 0.05) is 19.1 Å². The van der Waals surface area contributed by atoms with E-state index in [0.29, 0.717) is 17.8 Å². The zero-order valence-electron chi connectivity index (χ0n) is 11.9. The zero-order valence-corrected chi connectivity index (χ0v) is 11.9. The van der Waals surface area contributed by atoms with E-state index in [1.165, 1.54) is 0 Å². The lowest BCUT2D eigenvalue weighted by Crippen LogP contribution is -2.82. The van der Waals surface area contributed by atoms with Crippen LogP contribution in [-0.2, 0) is 6.42 Å². The maximum atomic E-state index is 10.4. The van der Waals surface area contributed by atoms with E-state index < -0.39 is 0 Å². The molecule has 2 aromatic rings. The van der Waals surface area contributed by atoms with Crippen molar-refractivity contribution >= 4 is 23.2 Å². The highest BCUT2D eigenvalue weighted by molar-refractivity contribution is 6.08. The summed E-state index contributed by atoms with van der Waals surface area (Å²) in [5, 5.41) is 21.7. The Morgan fingerprint density at radius 3 is 2.73 bits per heavy atom. The fourth-order valence-corrected chi connectivity index (χ4v) is 3.15. The second kappa shape index (κ2) is 4.59. The topological polar surface area (TPSA) is 92.8 Å². The largest absolute Gasteiger partial charge is 0.508 e. The van der Waals surface area contributed by atoms with E-state index in [-0.39, 0.29) is 11.5 Å². The minimum absolute atomic E-state index is 0.0579. The number of nitrogens with zero attached hydrogens (tertiary/aromatic N) is 1. The third kappa shape index (κ3) is 1.79. The molecule has 5 nitrogen and oxygen atoms in total. The maximum Gasteiger partial charge on any atom is 0.214 e. The van der Waals surface area contributed by atoms with Gasteiger partial charge in [-0.25, -0.2) is 4.99 Å². The Bertz CT molecular complexity index is 928. The molecule has 22 heavy (non-hydrogen) atoms. The van der Waals surface area contributed by atoms with Gasteiger partial charge in [-0.05, 0) is 23.3 Å². The van der Waals surface area contributed by atoms with Crippen molar-refractivity contribution in [2.24, 2.45) is 4.99 Å². The second-order valence-electron chi connectivity index (χ2n) is 5.64. The molecule has 2 heterocycles. The molecule has 0 saturated heterocycles. The Morgan fingerprint density at radius 1 is 1.18 bits per heavy atom. The molecule has 0 fully saturated rings. The van der Waals surface area contributed by atoms with Gasteiger partial charge >= 0.3 is 0 Å². The third-order valence-corrected chi connectivity index (χ3v) is 4.28. The minimum Gasteiger partial charge on any atom is -0.508 e. The van der Waals surface area contributed by atoms with Gasteiger partial charge < -0.3 is 15.9 Å². The van der Waals surface area contributed by atoms with E-state index in [1.54, 1.807) is 12.1 Å². The number of hydrogen-bond donors (Lipinski definition) is 4. The molecular weight excluding hydrogens is 278 g/mol. The predicted octanol–water partition coefficient (Wildman–Crippen LogP) is -0.759. The molecular formula is C17H16N3O2+. The lowest BCUT2D eigenvalue weighted by atomic mass is 9.97. The zero-order chi connectivity index (χ0) is 15.3. The van der Waals surface area contributed by atoms with Crippen molar-refractivity contribution < 1.29 is 15.2 Å². The van der Waals surface area contributed by atoms with Crippen LogP contribution in [-0.4, -0.2) is 23.0 Å². The molecule has 4 rings (SSSR count). The number of aromatic hydroxyl groups is 2. The smallest absolute Gasteiger partial charge is 0.214 e. The number of aliphatic imine (C=N–C) groups is 1. The van der Waals surface area contributed by atoms with Gasteiger partial charge in [-0.15, -0.1) is 0 Å². The molecule has 0 aromatic heterocycles. The van der Waals surface area contributed by atoms with E-state index in [1.807, 2.05) is 18.3 Å². The summed E-state index contributed by atoms with van der Waals surface area (Å²) < 4.78 is 0. The summed E-state index contributed by atoms with van der Waals surface area (Å²) in [4.78, 5) is 7.71. The Kier molecular flexibility index (Phi) is 2.69. The van der Waals surface area contributed by atoms with Crippen molar-refractivity contribution in [3.05, 3.63) is 46.0 Å². The standard InChI is InChI=1S/C17H15N3O2/c18-14-12(7-9-1-3-11(21)4-2-9)15-13-10(5-6-19-15)8-20-16(13)17(14)22/h1-4,8,21-22H,5-7,18H2/p+1. The molecule has 0 unspecified atom stereocenters. The van der Waals surface area contributed by atoms with Gasteiger partial charge in [-0.2, -0.15) is 0 Å². The van der Waals surface area contributed by atoms with Crippen LogP contribution >= 0.6 is 0 Å². The van der Waals surface area contributed by atoms with Crippen LogP contribution < -0.4 is 21.3 Å². The third-order valence-electron chi connectivity index (χ3n) is 4.28. The molecule has 0 amide bonds. The van der Waals surface area contributed by atoms with Crippen LogP contribution in [0.15, 0.2) is 29.3 Å². The number of hydrogen-bond acceptors (Lipinski definition) is 4. The molecule has 0 saturated carbocycles. The van der Waals surface area contributed by atoms with Gasteiger partial charge in [-0.3, -0.25) is 4.99 Å². The Labute approximate surface area is 126 Å². The van der Waals surface area contributed by atoms with E-state index in [4.69, 9.17) is 5.73 Å². The van der Waals surface area contributed by atoms with Gasteiger partial charge in [-0.1, -0.05) is 12.1 Å². The molecule has 110 valence electrons. The van der Waals surface area contributed by atoms with Gasteiger partial charge in [0.15, 0.2) is 5.75 Å². The van der Waals surface area contributed by atoms with Gasteiger partial charge in [0.2, 0.25) is 5.36 Å². The van der Waals surface area contributed by atoms with Crippen LogP contribution in [0.5, 0.6) is 11.5 Å². The average Bonchev–Trinajstić information content (AvgIpc) is 2.96. The number of phenolic OH excluding ortho intramolecular Hbond substituents is 2. The number of nitrogen functional groups attached to an aromatic ring is 1. The first kappa shape index (κ1) is 12.9. The summed E-state index contributed by atoms with van der Waals surface area (Å²) in [6.07, 6.45) is 3.30. The molecule has 0 aliphatic carbocycles. The predicted molar refractivity (Wildman–Crippen MR) is 83.8 cm³/mol. The number of rotatable bonds is 2. The van der Waals surface area contributed by atoms with Crippen LogP contribution in [0.4, 0.5) is 11.4 Å². The summed E-state index contributed by atoms with van der Waals surface area (Å²) in [5.74, 6) is 0.291. The van der Waals surface area contributed by atoms with Crippen LogP contribution in [0.1, 0.15) is 17.5 Å². The van der Waals surface area contributed by atoms with Gasteiger partial charge in [0.25, 0.3) is 0 Å². The number of nitrogens with two attached hydrogens (primary N) is 1. The van der Waals surface area contributed by atoms with Crippen molar-refractivity contribution in [1.82, 2.24) is 0 Å². The Morgan fingerprint density at radius 2 is 1.95 bits per heavy atom. The number of nitrogens with one attached hydrogen (secondary N) is 1. The molecule has 0 radical (unpaired) electrons. The van der Waals surface area contributed by atoms with Crippen molar-refractivity contribution in [2.45, 2.75) is 12.8 Å². The van der Waals surface area contributed by atoms with E-state index in [9.17, 15) is 10.2 Å². The molecule has 5 N–H and O–H groups in total. The highest BCUT2D eigenvalue weighted by Gasteiger charge is 2.25. The quantitative estimate of drug-likeness (QED) is 0.433. The van der Waals surface area contributed by atoms with E-state index in [2.05, 4.69) is 9.98 Å². The average molecular weight is 294 g/mol. The van der Waals surface area contributed by atoms with Crippen molar-refractivity contribution in [1.29, 1.82) is 0 Å². The normalized spacial score (nSPS) is 14.8. The molecule has 2 aliphatic heterocycles. The monoisotopic (exact) mass is 294 g/mol. The highest BCUT2D eigenvalue weighted by Crippen LogP contribution is 2.33. The minimum atomic E-state index is 0.0579. The lowest BCUT2D eigenvalue weighted by molar-refractivity contribution is -0.501. The highest BCUT2D eigenvalue weighted by atomic mass is 16.3. The first-order chi connectivity index (χ1) is 10.6.